The third-order valence-corrected chi connectivity index (χ3v) is 3.19. The third-order valence-electron chi connectivity index (χ3n) is 3.19. The molecule has 1 aromatic rings. The van der Waals surface area contributed by atoms with Gasteiger partial charge >= 0.3 is 0 Å². The van der Waals surface area contributed by atoms with Crippen molar-refractivity contribution in [2.75, 3.05) is 23.4 Å². The van der Waals surface area contributed by atoms with Crippen molar-refractivity contribution in [2.24, 2.45) is 11.8 Å². The summed E-state index contributed by atoms with van der Waals surface area (Å²) in [6, 6.07) is 2.26. The molecule has 20 heavy (non-hydrogen) atoms. The van der Waals surface area contributed by atoms with E-state index in [0.29, 0.717) is 12.4 Å². The van der Waals surface area contributed by atoms with Gasteiger partial charge < -0.3 is 10.3 Å². The number of aromatic nitrogens is 2. The number of hydrazine groups is 1. The number of hydrogen-bond donors (Lipinski definition) is 2. The first kappa shape index (κ1) is 16.2. The number of nitrogens with one attached hydrogen (secondary N) is 1. The van der Waals surface area contributed by atoms with Gasteiger partial charge in [0.15, 0.2) is 0 Å². The Morgan fingerprint density at radius 1 is 1.35 bits per heavy atom. The largest absolute Gasteiger partial charge is 0.355 e. The predicted octanol–water partition coefficient (Wildman–Crippen LogP) is 2.18. The van der Waals surface area contributed by atoms with Crippen molar-refractivity contribution in [2.45, 2.75) is 40.5 Å². The third kappa shape index (κ3) is 3.58. The van der Waals surface area contributed by atoms with Crippen molar-refractivity contribution in [3.8, 4) is 6.07 Å². The lowest BCUT2D eigenvalue weighted by Gasteiger charge is -2.26. The first-order valence-corrected chi connectivity index (χ1v) is 6.94. The molecule has 1 heterocycles. The lowest BCUT2D eigenvalue weighted by Crippen LogP contribution is -2.30. The van der Waals surface area contributed by atoms with Crippen molar-refractivity contribution < 1.29 is 0 Å². The monoisotopic (exact) mass is 276 g/mol. The minimum atomic E-state index is -0.0545. The average Bonchev–Trinajstić information content (AvgIpc) is 2.44. The molecule has 1 unspecified atom stereocenters. The highest BCUT2D eigenvalue weighted by Gasteiger charge is 2.18. The average molecular weight is 276 g/mol. The molecule has 0 aliphatic heterocycles. The van der Waals surface area contributed by atoms with Gasteiger partial charge in [-0.25, -0.2) is 15.8 Å². The van der Waals surface area contributed by atoms with Crippen LogP contribution >= 0.6 is 0 Å². The molecule has 3 N–H and O–H groups in total. The maximum atomic E-state index is 9.00. The van der Waals surface area contributed by atoms with Crippen molar-refractivity contribution in [3.05, 3.63) is 11.4 Å². The Labute approximate surface area is 121 Å². The Bertz CT molecular complexity index is 491. The van der Waals surface area contributed by atoms with Gasteiger partial charge in [0.1, 0.15) is 17.5 Å². The van der Waals surface area contributed by atoms with Crippen LogP contribution in [-0.2, 0) is 0 Å². The molecule has 0 saturated carbocycles. The van der Waals surface area contributed by atoms with Crippen LogP contribution in [0.2, 0.25) is 0 Å². The van der Waals surface area contributed by atoms with E-state index < -0.39 is 0 Å². The van der Waals surface area contributed by atoms with Gasteiger partial charge in [0.2, 0.25) is 0 Å². The van der Waals surface area contributed by atoms with Gasteiger partial charge in [0.05, 0.1) is 12.0 Å². The summed E-state index contributed by atoms with van der Waals surface area (Å²) in [5.41, 5.74) is 3.54. The zero-order valence-corrected chi connectivity index (χ0v) is 12.9. The quantitative estimate of drug-likeness (QED) is 0.611. The van der Waals surface area contributed by atoms with Gasteiger partial charge in [-0.3, -0.25) is 0 Å². The summed E-state index contributed by atoms with van der Waals surface area (Å²) in [6.45, 7) is 11.4. The maximum absolute atomic E-state index is 9.00. The van der Waals surface area contributed by atoms with Crippen LogP contribution in [0.3, 0.4) is 0 Å². The molecule has 1 rings (SSSR count). The highest BCUT2D eigenvalue weighted by molar-refractivity contribution is 5.58. The first-order chi connectivity index (χ1) is 9.44. The number of rotatable bonds is 6. The predicted molar refractivity (Wildman–Crippen MR) is 81.3 cm³/mol. The van der Waals surface area contributed by atoms with Crippen LogP contribution in [0.4, 0.5) is 11.6 Å². The second-order valence-corrected chi connectivity index (χ2v) is 5.25. The van der Waals surface area contributed by atoms with Crippen molar-refractivity contribution in [1.82, 2.24) is 9.97 Å². The van der Waals surface area contributed by atoms with E-state index in [4.69, 9.17) is 11.1 Å². The lowest BCUT2D eigenvalue weighted by molar-refractivity contribution is 0.669. The Hall–Kier alpha value is -1.87. The van der Waals surface area contributed by atoms with E-state index in [1.54, 1.807) is 0 Å². The Morgan fingerprint density at radius 2 is 2.00 bits per heavy atom. The highest BCUT2D eigenvalue weighted by atomic mass is 15.3. The summed E-state index contributed by atoms with van der Waals surface area (Å²) in [7, 11) is 0. The molecule has 0 aliphatic carbocycles. The van der Waals surface area contributed by atoms with Crippen LogP contribution < -0.4 is 16.2 Å². The topological polar surface area (TPSA) is 90.9 Å². The number of nitriles is 1. The maximum Gasteiger partial charge on any atom is 0.148 e. The molecule has 0 aromatic carbocycles. The van der Waals surface area contributed by atoms with E-state index in [0.717, 1.165) is 23.8 Å². The fourth-order valence-corrected chi connectivity index (χ4v) is 1.97. The summed E-state index contributed by atoms with van der Waals surface area (Å²) in [5, 5.41) is 9.00. The van der Waals surface area contributed by atoms with E-state index in [2.05, 4.69) is 33.3 Å². The Morgan fingerprint density at radius 3 is 2.45 bits per heavy atom. The Kier molecular flexibility index (Phi) is 5.71. The summed E-state index contributed by atoms with van der Waals surface area (Å²) in [4.78, 5) is 11.2. The Balaban J connectivity index is 3.26. The van der Waals surface area contributed by atoms with Crippen molar-refractivity contribution in [3.63, 3.8) is 0 Å². The smallest absolute Gasteiger partial charge is 0.148 e. The van der Waals surface area contributed by atoms with Gasteiger partial charge in [-0.05, 0) is 20.8 Å². The van der Waals surface area contributed by atoms with E-state index in [-0.39, 0.29) is 11.8 Å². The van der Waals surface area contributed by atoms with E-state index >= 15 is 0 Å². The number of hydrogen-bond acceptors (Lipinski definition) is 6. The zero-order chi connectivity index (χ0) is 15.3. The van der Waals surface area contributed by atoms with Gasteiger partial charge in [0, 0.05) is 24.6 Å². The van der Waals surface area contributed by atoms with Gasteiger partial charge in [-0.15, -0.1) is 0 Å². The van der Waals surface area contributed by atoms with Crippen LogP contribution in [0.5, 0.6) is 0 Å². The molecule has 1 aromatic heterocycles. The molecule has 0 amide bonds. The summed E-state index contributed by atoms with van der Waals surface area (Å²) in [6.07, 6.45) is 0. The van der Waals surface area contributed by atoms with Gasteiger partial charge in [0.25, 0.3) is 0 Å². The standard InChI is InChI=1S/C14H24N6/c1-6-20(8-10(4)7-15)14-11(5)13(19-16)17-12(18-14)9(2)3/h9-10H,6,8,16H2,1-5H3,(H,17,18,19). The van der Waals surface area contributed by atoms with Gasteiger partial charge in [-0.2, -0.15) is 5.26 Å². The van der Waals surface area contributed by atoms with E-state index in [1.807, 2.05) is 27.7 Å². The molecule has 6 nitrogen and oxygen atoms in total. The second kappa shape index (κ2) is 7.06. The van der Waals surface area contributed by atoms with E-state index in [9.17, 15) is 0 Å². The van der Waals surface area contributed by atoms with Crippen molar-refractivity contribution >= 4 is 11.6 Å². The minimum Gasteiger partial charge on any atom is -0.355 e. The minimum absolute atomic E-state index is 0.0545. The molecule has 0 bridgehead atoms. The number of nitrogen functional groups attached to an aromatic ring is 1. The summed E-state index contributed by atoms with van der Waals surface area (Å²) in [5.74, 6) is 7.95. The van der Waals surface area contributed by atoms with Crippen LogP contribution in [0, 0.1) is 24.2 Å². The summed E-state index contributed by atoms with van der Waals surface area (Å²) < 4.78 is 0. The van der Waals surface area contributed by atoms with E-state index in [1.165, 1.54) is 0 Å². The van der Waals surface area contributed by atoms with Crippen LogP contribution in [-0.4, -0.2) is 23.1 Å². The van der Waals surface area contributed by atoms with Gasteiger partial charge in [-0.1, -0.05) is 13.8 Å². The molecule has 110 valence electrons. The molecular weight excluding hydrogens is 252 g/mol. The number of nitrogens with zero attached hydrogens (tertiary/aromatic N) is 4. The number of anilines is 2. The molecular formula is C14H24N6. The van der Waals surface area contributed by atoms with Crippen LogP contribution in [0.15, 0.2) is 0 Å². The molecule has 0 spiro atoms. The molecule has 0 saturated heterocycles. The lowest BCUT2D eigenvalue weighted by atomic mass is 10.1. The van der Waals surface area contributed by atoms with Crippen LogP contribution in [0.1, 0.15) is 45.0 Å². The SMILES string of the molecule is CCN(CC(C)C#N)c1nc(C(C)C)nc(NN)c1C. The second-order valence-electron chi connectivity index (χ2n) is 5.25. The summed E-state index contributed by atoms with van der Waals surface area (Å²) >= 11 is 0. The van der Waals surface area contributed by atoms with Crippen molar-refractivity contribution in [1.29, 1.82) is 5.26 Å². The fourth-order valence-electron chi connectivity index (χ4n) is 1.97. The van der Waals surface area contributed by atoms with Crippen LogP contribution in [0.25, 0.3) is 0 Å². The normalized spacial score (nSPS) is 12.1. The zero-order valence-electron chi connectivity index (χ0n) is 12.9. The first-order valence-electron chi connectivity index (χ1n) is 6.94. The highest BCUT2D eigenvalue weighted by Crippen LogP contribution is 2.26. The molecule has 6 heteroatoms. The number of nitrogens with two attached hydrogens (primary N) is 1. The fraction of sp³-hybridized carbons (Fsp3) is 0.643. The molecule has 0 radical (unpaired) electrons. The molecule has 0 aliphatic rings. The molecule has 0 fully saturated rings. The molecule has 1 atom stereocenters.